The Labute approximate surface area is 76.5 Å². The zero-order valence-corrected chi connectivity index (χ0v) is 7.32. The monoisotopic (exact) mass is 177 g/mol. The molecule has 0 aliphatic rings. The average molecular weight is 177 g/mol. The summed E-state index contributed by atoms with van der Waals surface area (Å²) in [5.74, 6) is 0.0931. The largest absolute Gasteiger partial charge is 0.507 e. The van der Waals surface area contributed by atoms with Gasteiger partial charge in [0.15, 0.2) is 0 Å². The molecule has 1 aromatic carbocycles. The first-order valence-electron chi connectivity index (χ1n) is 3.86. The molecule has 0 heterocycles. The first kappa shape index (κ1) is 9.32. The van der Waals surface area contributed by atoms with Crippen LogP contribution in [0, 0.1) is 0 Å². The van der Waals surface area contributed by atoms with Gasteiger partial charge in [0, 0.05) is 17.3 Å². The molecule has 0 aromatic heterocycles. The van der Waals surface area contributed by atoms with Crippen LogP contribution in [0.15, 0.2) is 24.3 Å². The van der Waals surface area contributed by atoms with E-state index in [2.05, 4.69) is 0 Å². The lowest BCUT2D eigenvalue weighted by Gasteiger charge is -2.04. The van der Waals surface area contributed by atoms with Crippen LogP contribution in [0.5, 0.6) is 5.75 Å². The molecule has 0 saturated heterocycles. The summed E-state index contributed by atoms with van der Waals surface area (Å²) in [6.07, 6.45) is 2.08. The number of carbonyl (C=O) groups excluding carboxylic acids is 1. The molecule has 0 aliphatic heterocycles. The topological polar surface area (TPSA) is 63.3 Å². The van der Waals surface area contributed by atoms with Crippen LogP contribution in [0.25, 0.3) is 5.57 Å². The second-order valence-electron chi connectivity index (χ2n) is 2.76. The summed E-state index contributed by atoms with van der Waals surface area (Å²) in [7, 11) is 0. The molecule has 1 aromatic rings. The number of hydrogen-bond acceptors (Lipinski definition) is 3. The van der Waals surface area contributed by atoms with Crippen molar-refractivity contribution in [2.75, 3.05) is 5.73 Å². The van der Waals surface area contributed by atoms with E-state index in [4.69, 9.17) is 5.73 Å². The minimum atomic E-state index is 0.0931. The fourth-order valence-electron chi connectivity index (χ4n) is 1.07. The van der Waals surface area contributed by atoms with Crippen LogP contribution in [0.3, 0.4) is 0 Å². The summed E-state index contributed by atoms with van der Waals surface area (Å²) in [4.78, 5) is 10.2. The van der Waals surface area contributed by atoms with Crippen molar-refractivity contribution < 1.29 is 9.90 Å². The molecule has 0 unspecified atom stereocenters. The van der Waals surface area contributed by atoms with Crippen molar-refractivity contribution in [1.82, 2.24) is 0 Å². The lowest BCUT2D eigenvalue weighted by molar-refractivity contribution is -0.104. The Morgan fingerprint density at radius 1 is 1.54 bits per heavy atom. The Morgan fingerprint density at radius 2 is 2.23 bits per heavy atom. The maximum absolute atomic E-state index is 10.2. The lowest BCUT2D eigenvalue weighted by Crippen LogP contribution is -1.87. The molecule has 3 N–H and O–H groups in total. The zero-order chi connectivity index (χ0) is 9.84. The normalized spacial score (nSPS) is 11.3. The number of allylic oxidation sites excluding steroid dienone is 2. The fourth-order valence-corrected chi connectivity index (χ4v) is 1.07. The highest BCUT2D eigenvalue weighted by molar-refractivity contribution is 5.82. The Kier molecular flexibility index (Phi) is 2.69. The van der Waals surface area contributed by atoms with Gasteiger partial charge in [0.1, 0.15) is 12.0 Å². The van der Waals surface area contributed by atoms with Crippen LogP contribution in [0.2, 0.25) is 0 Å². The van der Waals surface area contributed by atoms with Crippen molar-refractivity contribution in [2.45, 2.75) is 6.92 Å². The summed E-state index contributed by atoms with van der Waals surface area (Å²) >= 11 is 0. The molecule has 68 valence electrons. The molecular weight excluding hydrogens is 166 g/mol. The van der Waals surface area contributed by atoms with E-state index in [9.17, 15) is 9.90 Å². The predicted octanol–water partition coefficient (Wildman–Crippen LogP) is 1.58. The van der Waals surface area contributed by atoms with Gasteiger partial charge in [0.05, 0.1) is 0 Å². The minimum absolute atomic E-state index is 0.0931. The van der Waals surface area contributed by atoms with Crippen LogP contribution in [-0.4, -0.2) is 11.4 Å². The van der Waals surface area contributed by atoms with E-state index in [-0.39, 0.29) is 5.75 Å². The summed E-state index contributed by atoms with van der Waals surface area (Å²) in [5.41, 5.74) is 7.29. The maximum atomic E-state index is 10.2. The number of anilines is 1. The number of rotatable bonds is 2. The van der Waals surface area contributed by atoms with Gasteiger partial charge >= 0.3 is 0 Å². The second-order valence-corrected chi connectivity index (χ2v) is 2.76. The summed E-state index contributed by atoms with van der Waals surface area (Å²) in [5, 5.41) is 9.45. The standard InChI is InChI=1S/C10H11NO2/c1-7(4-5-12)9-3-2-8(11)6-10(9)13/h2-6,13H,11H2,1H3/b7-4-. The van der Waals surface area contributed by atoms with Gasteiger partial charge in [-0.1, -0.05) is 0 Å². The van der Waals surface area contributed by atoms with Crippen molar-refractivity contribution in [1.29, 1.82) is 0 Å². The highest BCUT2D eigenvalue weighted by Gasteiger charge is 2.02. The number of benzene rings is 1. The number of carbonyl (C=O) groups is 1. The number of phenols is 1. The number of phenolic OH excluding ortho intramolecular Hbond substituents is 1. The van der Waals surface area contributed by atoms with Crippen molar-refractivity contribution in [2.24, 2.45) is 0 Å². The molecule has 0 amide bonds. The van der Waals surface area contributed by atoms with Crippen LogP contribution >= 0.6 is 0 Å². The molecule has 0 spiro atoms. The van der Waals surface area contributed by atoms with Crippen LogP contribution in [0.1, 0.15) is 12.5 Å². The van der Waals surface area contributed by atoms with Gasteiger partial charge in [-0.05, 0) is 30.7 Å². The SMILES string of the molecule is C/C(=C/C=O)c1ccc(N)cc1O. The molecule has 1 rings (SSSR count). The van der Waals surface area contributed by atoms with E-state index in [1.54, 1.807) is 19.1 Å². The van der Waals surface area contributed by atoms with Gasteiger partial charge in [0.2, 0.25) is 0 Å². The minimum Gasteiger partial charge on any atom is -0.507 e. The quantitative estimate of drug-likeness (QED) is 0.409. The van der Waals surface area contributed by atoms with Crippen molar-refractivity contribution in [3.63, 3.8) is 0 Å². The van der Waals surface area contributed by atoms with Gasteiger partial charge in [-0.2, -0.15) is 0 Å². The van der Waals surface area contributed by atoms with Crippen LogP contribution < -0.4 is 5.73 Å². The molecule has 13 heavy (non-hydrogen) atoms. The third-order valence-electron chi connectivity index (χ3n) is 1.76. The summed E-state index contributed by atoms with van der Waals surface area (Å²) in [6.45, 7) is 1.75. The second kappa shape index (κ2) is 3.76. The van der Waals surface area contributed by atoms with Gasteiger partial charge in [-0.25, -0.2) is 0 Å². The molecule has 0 saturated carbocycles. The molecule has 0 aliphatic carbocycles. The van der Waals surface area contributed by atoms with E-state index >= 15 is 0 Å². The highest BCUT2D eigenvalue weighted by Crippen LogP contribution is 2.26. The van der Waals surface area contributed by atoms with Gasteiger partial charge in [-0.15, -0.1) is 0 Å². The molecular formula is C10H11NO2. The number of hydrogen-bond donors (Lipinski definition) is 2. The number of aldehydes is 1. The number of aromatic hydroxyl groups is 1. The number of nitrogens with two attached hydrogens (primary N) is 1. The Balaban J connectivity index is 3.15. The van der Waals surface area contributed by atoms with Crippen molar-refractivity contribution in [3.05, 3.63) is 29.8 Å². The first-order chi connectivity index (χ1) is 6.15. The number of nitrogen functional groups attached to an aromatic ring is 1. The molecule has 3 nitrogen and oxygen atoms in total. The first-order valence-corrected chi connectivity index (χ1v) is 3.86. The smallest absolute Gasteiger partial charge is 0.143 e. The van der Waals surface area contributed by atoms with E-state index < -0.39 is 0 Å². The highest BCUT2D eigenvalue weighted by atomic mass is 16.3. The molecule has 0 fully saturated rings. The lowest BCUT2D eigenvalue weighted by atomic mass is 10.1. The summed E-state index contributed by atoms with van der Waals surface area (Å²) in [6, 6.07) is 4.81. The zero-order valence-electron chi connectivity index (χ0n) is 7.32. The predicted molar refractivity (Wildman–Crippen MR) is 52.2 cm³/mol. The Bertz CT molecular complexity index is 356. The van der Waals surface area contributed by atoms with Gasteiger partial charge in [0.25, 0.3) is 0 Å². The Morgan fingerprint density at radius 3 is 2.77 bits per heavy atom. The van der Waals surface area contributed by atoms with Gasteiger partial charge < -0.3 is 10.8 Å². The molecule has 3 heteroatoms. The van der Waals surface area contributed by atoms with Gasteiger partial charge in [-0.3, -0.25) is 4.79 Å². The van der Waals surface area contributed by atoms with E-state index in [1.807, 2.05) is 0 Å². The summed E-state index contributed by atoms with van der Waals surface area (Å²) < 4.78 is 0. The van der Waals surface area contributed by atoms with E-state index in [0.29, 0.717) is 23.1 Å². The fraction of sp³-hybridized carbons (Fsp3) is 0.100. The van der Waals surface area contributed by atoms with Crippen LogP contribution in [-0.2, 0) is 4.79 Å². The third-order valence-corrected chi connectivity index (χ3v) is 1.76. The Hall–Kier alpha value is -1.77. The maximum Gasteiger partial charge on any atom is 0.143 e. The third kappa shape index (κ3) is 2.08. The van der Waals surface area contributed by atoms with Crippen LogP contribution in [0.4, 0.5) is 5.69 Å². The molecule has 0 radical (unpaired) electrons. The van der Waals surface area contributed by atoms with Crippen molar-refractivity contribution in [3.8, 4) is 5.75 Å². The van der Waals surface area contributed by atoms with Crippen molar-refractivity contribution >= 4 is 17.5 Å². The van der Waals surface area contributed by atoms with E-state index in [1.165, 1.54) is 12.1 Å². The van der Waals surface area contributed by atoms with E-state index in [0.717, 1.165) is 0 Å². The molecule has 0 atom stereocenters. The molecule has 0 bridgehead atoms. The average Bonchev–Trinajstić information content (AvgIpc) is 2.04.